The van der Waals surface area contributed by atoms with E-state index in [-0.39, 0.29) is 23.0 Å². The monoisotopic (exact) mass is 401 g/mol. The highest BCUT2D eigenvalue weighted by Gasteiger charge is 2.18. The molecular weight excluding hydrogens is 380 g/mol. The van der Waals surface area contributed by atoms with E-state index < -0.39 is 11.6 Å². The van der Waals surface area contributed by atoms with Gasteiger partial charge in [-0.3, -0.25) is 9.36 Å². The Balaban J connectivity index is 1.70. The summed E-state index contributed by atoms with van der Waals surface area (Å²) in [5, 5.41) is 3.92. The number of rotatable bonds is 4. The molecule has 2 aromatic heterocycles. The van der Waals surface area contributed by atoms with E-state index in [1.54, 1.807) is 26.4 Å². The molecule has 1 N–H and O–H groups in total. The first-order valence-corrected chi connectivity index (χ1v) is 9.34. The quantitative estimate of drug-likeness (QED) is 0.725. The van der Waals surface area contributed by atoms with Crippen molar-refractivity contribution in [2.75, 3.05) is 30.5 Å². The van der Waals surface area contributed by atoms with Crippen LogP contribution in [0.2, 0.25) is 0 Å². The van der Waals surface area contributed by atoms with Crippen molar-refractivity contribution < 1.29 is 13.5 Å². The smallest absolute Gasteiger partial charge is 0.275 e. The fourth-order valence-corrected chi connectivity index (χ4v) is 3.45. The van der Waals surface area contributed by atoms with Gasteiger partial charge in [0, 0.05) is 51.0 Å². The van der Waals surface area contributed by atoms with Crippen molar-refractivity contribution in [2.45, 2.75) is 18.9 Å². The van der Waals surface area contributed by atoms with Gasteiger partial charge in [0.2, 0.25) is 5.95 Å². The van der Waals surface area contributed by atoms with E-state index in [4.69, 9.17) is 4.74 Å². The van der Waals surface area contributed by atoms with Crippen LogP contribution in [0, 0.1) is 11.6 Å². The van der Waals surface area contributed by atoms with Crippen LogP contribution in [-0.4, -0.2) is 40.8 Å². The number of benzene rings is 1. The molecule has 0 unspecified atom stereocenters. The summed E-state index contributed by atoms with van der Waals surface area (Å²) < 4.78 is 34.1. The van der Waals surface area contributed by atoms with Gasteiger partial charge in [-0.15, -0.1) is 0 Å². The van der Waals surface area contributed by atoms with Crippen LogP contribution in [0.25, 0.3) is 11.0 Å². The van der Waals surface area contributed by atoms with E-state index in [0.717, 1.165) is 25.0 Å². The molecule has 152 valence electrons. The molecule has 4 rings (SSSR count). The minimum absolute atomic E-state index is 0.0987. The maximum atomic E-state index is 14.2. The Morgan fingerprint density at radius 2 is 1.97 bits per heavy atom. The second kappa shape index (κ2) is 7.75. The van der Waals surface area contributed by atoms with Crippen molar-refractivity contribution in [3.05, 3.63) is 52.5 Å². The summed E-state index contributed by atoms with van der Waals surface area (Å²) in [5.74, 6) is -0.976. The lowest BCUT2D eigenvalue weighted by molar-refractivity contribution is 0.0903. The van der Waals surface area contributed by atoms with Gasteiger partial charge in [0.1, 0.15) is 23.0 Å². The van der Waals surface area contributed by atoms with Gasteiger partial charge >= 0.3 is 0 Å². The number of aromatic nitrogens is 3. The molecule has 7 nitrogen and oxygen atoms in total. The molecule has 29 heavy (non-hydrogen) atoms. The summed E-state index contributed by atoms with van der Waals surface area (Å²) >= 11 is 0. The number of nitrogens with zero attached hydrogens (tertiary/aromatic N) is 4. The van der Waals surface area contributed by atoms with Crippen molar-refractivity contribution in [1.82, 2.24) is 14.5 Å². The molecule has 3 aromatic rings. The first-order chi connectivity index (χ1) is 13.9. The fourth-order valence-electron chi connectivity index (χ4n) is 3.45. The molecule has 1 aromatic carbocycles. The van der Waals surface area contributed by atoms with Gasteiger partial charge in [0.25, 0.3) is 5.56 Å². The molecule has 0 atom stereocenters. The van der Waals surface area contributed by atoms with Crippen LogP contribution in [-0.2, 0) is 11.8 Å². The maximum absolute atomic E-state index is 14.2. The van der Waals surface area contributed by atoms with Crippen LogP contribution in [0.15, 0.2) is 35.3 Å². The normalized spacial score (nSPS) is 14.9. The van der Waals surface area contributed by atoms with E-state index in [1.807, 2.05) is 0 Å². The fraction of sp³-hybridized carbons (Fsp3) is 0.350. The van der Waals surface area contributed by atoms with Gasteiger partial charge in [-0.25, -0.2) is 13.8 Å². The van der Waals surface area contributed by atoms with Crippen molar-refractivity contribution in [3.8, 4) is 0 Å². The van der Waals surface area contributed by atoms with Crippen LogP contribution in [0.5, 0.6) is 0 Å². The van der Waals surface area contributed by atoms with Crippen molar-refractivity contribution in [1.29, 1.82) is 0 Å². The van der Waals surface area contributed by atoms with Gasteiger partial charge in [0.15, 0.2) is 0 Å². The molecule has 0 amide bonds. The Labute approximate surface area is 166 Å². The zero-order valence-electron chi connectivity index (χ0n) is 16.2. The van der Waals surface area contributed by atoms with Crippen LogP contribution in [0.1, 0.15) is 12.8 Å². The molecular formula is C20H21F2N5O2. The van der Waals surface area contributed by atoms with E-state index in [1.165, 1.54) is 15.5 Å². The first-order valence-electron chi connectivity index (χ1n) is 9.34. The number of aryl methyl sites for hydroxylation is 1. The lowest BCUT2D eigenvalue weighted by Gasteiger charge is -2.23. The summed E-state index contributed by atoms with van der Waals surface area (Å²) in [6.45, 7) is 1.39. The molecule has 1 aliphatic rings. The van der Waals surface area contributed by atoms with Crippen LogP contribution >= 0.6 is 0 Å². The number of anilines is 3. The average Bonchev–Trinajstić information content (AvgIpc) is 2.71. The molecule has 3 heterocycles. The third kappa shape index (κ3) is 3.77. The van der Waals surface area contributed by atoms with Gasteiger partial charge < -0.3 is 15.0 Å². The number of nitrogens with one attached hydrogen (secondary N) is 1. The van der Waals surface area contributed by atoms with Gasteiger partial charge in [-0.1, -0.05) is 0 Å². The summed E-state index contributed by atoms with van der Waals surface area (Å²) in [6, 6.07) is 5.07. The Hall–Kier alpha value is -3.07. The van der Waals surface area contributed by atoms with Crippen LogP contribution in [0.4, 0.5) is 26.1 Å². The average molecular weight is 401 g/mol. The summed E-state index contributed by atoms with van der Waals surface area (Å²) in [7, 11) is 3.16. The van der Waals surface area contributed by atoms with E-state index in [0.29, 0.717) is 30.2 Å². The van der Waals surface area contributed by atoms with E-state index >= 15 is 0 Å². The summed E-state index contributed by atoms with van der Waals surface area (Å²) in [6.07, 6.45) is 3.36. The lowest BCUT2D eigenvalue weighted by atomic mass is 10.1. The second-order valence-electron chi connectivity index (χ2n) is 7.05. The SMILES string of the molecule is CN(c1ccc(F)cc1F)c1cc2cnc(NC3CCOCC3)nc2n(C)c1=O. The molecule has 0 saturated carbocycles. The highest BCUT2D eigenvalue weighted by molar-refractivity contribution is 5.80. The largest absolute Gasteiger partial charge is 0.381 e. The van der Waals surface area contributed by atoms with E-state index in [9.17, 15) is 13.6 Å². The maximum Gasteiger partial charge on any atom is 0.275 e. The van der Waals surface area contributed by atoms with E-state index in [2.05, 4.69) is 15.3 Å². The number of pyridine rings is 1. The zero-order valence-corrected chi connectivity index (χ0v) is 16.2. The molecule has 9 heteroatoms. The van der Waals surface area contributed by atoms with Crippen LogP contribution in [0.3, 0.4) is 0 Å². The molecule has 1 fully saturated rings. The predicted octanol–water partition coefficient (Wildman–Crippen LogP) is 2.97. The molecule has 0 spiro atoms. The Morgan fingerprint density at radius 1 is 1.21 bits per heavy atom. The highest BCUT2D eigenvalue weighted by Crippen LogP contribution is 2.26. The molecule has 1 saturated heterocycles. The minimum atomic E-state index is -0.748. The highest BCUT2D eigenvalue weighted by atomic mass is 19.1. The predicted molar refractivity (Wildman–Crippen MR) is 107 cm³/mol. The number of hydrogen-bond acceptors (Lipinski definition) is 6. The molecule has 1 aliphatic heterocycles. The Bertz CT molecular complexity index is 1110. The number of fused-ring (bicyclic) bond motifs is 1. The third-order valence-corrected chi connectivity index (χ3v) is 5.12. The first kappa shape index (κ1) is 19.3. The lowest BCUT2D eigenvalue weighted by Crippen LogP contribution is -2.29. The van der Waals surface area contributed by atoms with Gasteiger partial charge in [-0.2, -0.15) is 4.98 Å². The standard InChI is InChI=1S/C20H21F2N5O2/c1-26(16-4-3-13(21)10-15(16)22)17-9-12-11-23-20(24-14-5-7-29-8-6-14)25-18(12)27(2)19(17)28/h3-4,9-11,14H,5-8H2,1-2H3,(H,23,24,25). The van der Waals surface area contributed by atoms with Crippen LogP contribution < -0.4 is 15.8 Å². The van der Waals surface area contributed by atoms with Gasteiger partial charge in [-0.05, 0) is 31.0 Å². The summed E-state index contributed by atoms with van der Waals surface area (Å²) in [5.41, 5.74) is 0.455. The number of halogens is 2. The van der Waals surface area contributed by atoms with Crippen molar-refractivity contribution in [3.63, 3.8) is 0 Å². The minimum Gasteiger partial charge on any atom is -0.381 e. The molecule has 0 aliphatic carbocycles. The Morgan fingerprint density at radius 3 is 2.69 bits per heavy atom. The third-order valence-electron chi connectivity index (χ3n) is 5.12. The Kier molecular flexibility index (Phi) is 5.14. The van der Waals surface area contributed by atoms with Crippen molar-refractivity contribution in [2.24, 2.45) is 7.05 Å². The topological polar surface area (TPSA) is 72.3 Å². The number of ether oxygens (including phenoxy) is 1. The summed E-state index contributed by atoms with van der Waals surface area (Å²) in [4.78, 5) is 23.1. The van der Waals surface area contributed by atoms with Gasteiger partial charge in [0.05, 0.1) is 5.69 Å². The molecule has 0 bridgehead atoms. The number of hydrogen-bond donors (Lipinski definition) is 1. The van der Waals surface area contributed by atoms with Crippen molar-refractivity contribution >= 4 is 28.4 Å². The zero-order chi connectivity index (χ0) is 20.5. The second-order valence-corrected chi connectivity index (χ2v) is 7.05. The molecule has 0 radical (unpaired) electrons.